The molecule has 0 aliphatic carbocycles. The summed E-state index contributed by atoms with van der Waals surface area (Å²) in [6.07, 6.45) is 3.82. The van der Waals surface area contributed by atoms with Crippen LogP contribution in [0.15, 0.2) is 54.1 Å². The van der Waals surface area contributed by atoms with E-state index in [-0.39, 0.29) is 5.57 Å². The Morgan fingerprint density at radius 2 is 1.88 bits per heavy atom. The van der Waals surface area contributed by atoms with Crippen molar-refractivity contribution in [2.45, 2.75) is 26.4 Å². The molecule has 2 aromatic carbocycles. The summed E-state index contributed by atoms with van der Waals surface area (Å²) in [5.74, 6) is 0.213. The van der Waals surface area contributed by atoms with Crippen molar-refractivity contribution in [1.29, 1.82) is 5.26 Å². The molecule has 7 nitrogen and oxygen atoms in total. The average molecular weight is 446 g/mol. The second-order valence-electron chi connectivity index (χ2n) is 7.55. The zero-order valence-corrected chi connectivity index (χ0v) is 18.6. The second kappa shape index (κ2) is 10.1. The van der Waals surface area contributed by atoms with Gasteiger partial charge >= 0.3 is 0 Å². The molecule has 1 fully saturated rings. The lowest BCUT2D eigenvalue weighted by Crippen LogP contribution is -2.17. The van der Waals surface area contributed by atoms with E-state index in [9.17, 15) is 10.1 Å². The minimum absolute atomic E-state index is 0.00348. The number of rotatable bonds is 7. The molecule has 0 spiro atoms. The fourth-order valence-electron chi connectivity index (χ4n) is 3.29. The number of hydrogen-bond donors (Lipinski definition) is 1. The van der Waals surface area contributed by atoms with Crippen LogP contribution >= 0.6 is 11.3 Å². The number of benzene rings is 2. The molecule has 1 amide bonds. The molecule has 1 aromatic heterocycles. The first-order chi connectivity index (χ1) is 15.6. The van der Waals surface area contributed by atoms with Crippen LogP contribution in [0.2, 0.25) is 0 Å². The standard InChI is InChI=1S/C24H23N5O2S/c1-17-4-6-19(7-5-17)16-31-21-10-8-18(9-11-21)14-20(15-25)22(30)26-23-27-28-24(32-23)29-12-2-3-13-29/h4-11,14H,2-3,12-13,16H2,1H3,(H,26,27,30)/b20-14-. The number of aryl methyl sites for hydroxylation is 1. The van der Waals surface area contributed by atoms with Gasteiger partial charge in [0.05, 0.1) is 0 Å². The molecule has 4 rings (SSSR count). The van der Waals surface area contributed by atoms with Gasteiger partial charge in [0.15, 0.2) is 0 Å². The van der Waals surface area contributed by atoms with Gasteiger partial charge in [0.25, 0.3) is 5.91 Å². The second-order valence-corrected chi connectivity index (χ2v) is 8.51. The third-order valence-electron chi connectivity index (χ3n) is 5.09. The van der Waals surface area contributed by atoms with E-state index in [1.54, 1.807) is 6.08 Å². The first kappa shape index (κ1) is 21.5. The normalized spacial score (nSPS) is 13.6. The van der Waals surface area contributed by atoms with Crippen molar-refractivity contribution in [3.8, 4) is 11.8 Å². The van der Waals surface area contributed by atoms with Crippen molar-refractivity contribution in [3.05, 3.63) is 70.8 Å². The minimum atomic E-state index is -0.503. The molecule has 1 aliphatic rings. The summed E-state index contributed by atoms with van der Waals surface area (Å²) in [7, 11) is 0. The summed E-state index contributed by atoms with van der Waals surface area (Å²) in [6.45, 7) is 4.43. The summed E-state index contributed by atoms with van der Waals surface area (Å²) >= 11 is 1.32. The number of nitrogens with one attached hydrogen (secondary N) is 1. The zero-order chi connectivity index (χ0) is 22.3. The average Bonchev–Trinajstić information content (AvgIpc) is 3.50. The number of nitrogens with zero attached hydrogens (tertiary/aromatic N) is 4. The molecule has 2 heterocycles. The molecule has 1 aliphatic heterocycles. The van der Waals surface area contributed by atoms with Gasteiger partial charge in [-0.3, -0.25) is 10.1 Å². The maximum atomic E-state index is 12.5. The topological polar surface area (TPSA) is 91.1 Å². The summed E-state index contributed by atoms with van der Waals surface area (Å²) < 4.78 is 5.81. The number of hydrogen-bond acceptors (Lipinski definition) is 7. The number of carbonyl (C=O) groups excluding carboxylic acids is 1. The van der Waals surface area contributed by atoms with Crippen molar-refractivity contribution in [2.75, 3.05) is 23.3 Å². The first-order valence-electron chi connectivity index (χ1n) is 10.4. The van der Waals surface area contributed by atoms with Gasteiger partial charge in [-0.15, -0.1) is 10.2 Å². The highest BCUT2D eigenvalue weighted by Gasteiger charge is 2.18. The van der Waals surface area contributed by atoms with Gasteiger partial charge in [0.2, 0.25) is 10.3 Å². The molecular weight excluding hydrogens is 422 g/mol. The smallest absolute Gasteiger partial charge is 0.268 e. The van der Waals surface area contributed by atoms with Gasteiger partial charge in [-0.1, -0.05) is 53.3 Å². The van der Waals surface area contributed by atoms with Crippen LogP contribution in [0.3, 0.4) is 0 Å². The molecule has 1 N–H and O–H groups in total. The highest BCUT2D eigenvalue weighted by atomic mass is 32.1. The summed E-state index contributed by atoms with van der Waals surface area (Å²) in [4.78, 5) is 14.7. The quantitative estimate of drug-likeness (QED) is 0.423. The predicted molar refractivity (Wildman–Crippen MR) is 126 cm³/mol. The molecular formula is C24H23N5O2S. The van der Waals surface area contributed by atoms with Gasteiger partial charge in [-0.2, -0.15) is 5.26 Å². The lowest BCUT2D eigenvalue weighted by molar-refractivity contribution is -0.112. The third kappa shape index (κ3) is 5.50. The lowest BCUT2D eigenvalue weighted by Gasteiger charge is -2.10. The van der Waals surface area contributed by atoms with E-state index in [1.807, 2.05) is 49.4 Å². The number of anilines is 2. The van der Waals surface area contributed by atoms with Crippen LogP contribution in [0.25, 0.3) is 6.08 Å². The Hall–Kier alpha value is -3.70. The van der Waals surface area contributed by atoms with Crippen LogP contribution in [0.1, 0.15) is 29.5 Å². The van der Waals surface area contributed by atoms with Crippen molar-refractivity contribution in [1.82, 2.24) is 10.2 Å². The highest BCUT2D eigenvalue weighted by Crippen LogP contribution is 2.27. The van der Waals surface area contributed by atoms with Crippen molar-refractivity contribution in [3.63, 3.8) is 0 Å². The van der Waals surface area contributed by atoms with Gasteiger partial charge in [-0.05, 0) is 49.1 Å². The van der Waals surface area contributed by atoms with Crippen LogP contribution in [0.4, 0.5) is 10.3 Å². The maximum Gasteiger partial charge on any atom is 0.268 e. The van der Waals surface area contributed by atoms with E-state index in [0.717, 1.165) is 42.2 Å². The molecule has 32 heavy (non-hydrogen) atoms. The molecule has 3 aromatic rings. The molecule has 0 atom stereocenters. The van der Waals surface area contributed by atoms with E-state index in [4.69, 9.17) is 4.74 Å². The number of ether oxygens (including phenoxy) is 1. The summed E-state index contributed by atoms with van der Waals surface area (Å²) in [5.41, 5.74) is 3.03. The zero-order valence-electron chi connectivity index (χ0n) is 17.7. The number of amides is 1. The van der Waals surface area contributed by atoms with Gasteiger partial charge in [0, 0.05) is 13.1 Å². The SMILES string of the molecule is Cc1ccc(COc2ccc(/C=C(/C#N)C(=O)Nc3nnc(N4CCCC4)s3)cc2)cc1. The van der Waals surface area contributed by atoms with Gasteiger partial charge in [0.1, 0.15) is 24.0 Å². The molecule has 0 unspecified atom stereocenters. The Bertz CT molecular complexity index is 1140. The Morgan fingerprint density at radius 1 is 1.16 bits per heavy atom. The summed E-state index contributed by atoms with van der Waals surface area (Å²) in [6, 6.07) is 17.4. The van der Waals surface area contributed by atoms with Crippen molar-refractivity contribution < 1.29 is 9.53 Å². The fraction of sp³-hybridized carbons (Fsp3) is 0.250. The van der Waals surface area contributed by atoms with Gasteiger partial charge < -0.3 is 9.64 Å². The first-order valence-corrected chi connectivity index (χ1v) is 11.2. The van der Waals surface area contributed by atoms with Crippen LogP contribution < -0.4 is 15.0 Å². The molecule has 162 valence electrons. The van der Waals surface area contributed by atoms with Crippen LogP contribution in [0, 0.1) is 18.3 Å². The monoisotopic (exact) mass is 445 g/mol. The van der Waals surface area contributed by atoms with Gasteiger partial charge in [-0.25, -0.2) is 0 Å². The third-order valence-corrected chi connectivity index (χ3v) is 5.99. The van der Waals surface area contributed by atoms with Crippen LogP contribution in [-0.2, 0) is 11.4 Å². The van der Waals surface area contributed by atoms with Crippen LogP contribution in [-0.4, -0.2) is 29.2 Å². The Labute approximate surface area is 191 Å². The predicted octanol–water partition coefficient (Wildman–Crippen LogP) is 4.57. The Morgan fingerprint density at radius 3 is 2.56 bits per heavy atom. The number of carbonyl (C=O) groups is 1. The largest absolute Gasteiger partial charge is 0.489 e. The molecule has 0 bridgehead atoms. The Kier molecular flexibility index (Phi) is 6.78. The maximum absolute atomic E-state index is 12.5. The van der Waals surface area contributed by atoms with E-state index < -0.39 is 5.91 Å². The van der Waals surface area contributed by atoms with Crippen molar-refractivity contribution >= 4 is 33.6 Å². The minimum Gasteiger partial charge on any atom is -0.489 e. The van der Waals surface area contributed by atoms with E-state index >= 15 is 0 Å². The van der Waals surface area contributed by atoms with E-state index in [2.05, 4.69) is 32.5 Å². The summed E-state index contributed by atoms with van der Waals surface area (Å²) in [5, 5.41) is 21.5. The molecule has 0 radical (unpaired) electrons. The lowest BCUT2D eigenvalue weighted by atomic mass is 10.1. The number of nitriles is 1. The van der Waals surface area contributed by atoms with E-state index in [0.29, 0.717) is 17.5 Å². The fourth-order valence-corrected chi connectivity index (χ4v) is 4.08. The van der Waals surface area contributed by atoms with E-state index in [1.165, 1.54) is 16.9 Å². The molecule has 1 saturated heterocycles. The molecule has 0 saturated carbocycles. The highest BCUT2D eigenvalue weighted by molar-refractivity contribution is 7.19. The molecule has 8 heteroatoms. The Balaban J connectivity index is 1.36. The van der Waals surface area contributed by atoms with Crippen LogP contribution in [0.5, 0.6) is 5.75 Å². The van der Waals surface area contributed by atoms with Crippen molar-refractivity contribution in [2.24, 2.45) is 0 Å². The number of aromatic nitrogens is 2.